The molecule has 14 heavy (non-hydrogen) atoms. The fourth-order valence-corrected chi connectivity index (χ4v) is 5.65. The van der Waals surface area contributed by atoms with Crippen molar-refractivity contribution in [3.63, 3.8) is 0 Å². The summed E-state index contributed by atoms with van der Waals surface area (Å²) in [6, 6.07) is 0. The summed E-state index contributed by atoms with van der Waals surface area (Å²) >= 11 is 7.87. The third kappa shape index (κ3) is 2.55. The van der Waals surface area contributed by atoms with Crippen molar-refractivity contribution in [2.45, 2.75) is 66.9 Å². The van der Waals surface area contributed by atoms with Crippen LogP contribution in [0.15, 0.2) is 0 Å². The zero-order valence-corrected chi connectivity index (χ0v) is 11.9. The topological polar surface area (TPSA) is 0 Å². The molecule has 0 bridgehead atoms. The molecule has 0 aromatic heterocycles. The summed E-state index contributed by atoms with van der Waals surface area (Å²) < 4.78 is 0.486. The predicted molar refractivity (Wildman–Crippen MR) is 69.4 cm³/mol. The molecule has 0 aromatic carbocycles. The van der Waals surface area contributed by atoms with E-state index in [0.717, 1.165) is 10.7 Å². The molecule has 2 aliphatic carbocycles. The van der Waals surface area contributed by atoms with Gasteiger partial charge in [-0.25, -0.2) is 0 Å². The summed E-state index contributed by atoms with van der Waals surface area (Å²) in [7, 11) is 0. The maximum absolute atomic E-state index is 4.07. The first-order chi connectivity index (χ1) is 6.71. The minimum Gasteiger partial charge on any atom is -0.0890 e. The van der Waals surface area contributed by atoms with Crippen molar-refractivity contribution >= 4 is 31.9 Å². The minimum atomic E-state index is 0.486. The first-order valence-corrected chi connectivity index (χ1v) is 7.74. The predicted octanol–water partition coefficient (Wildman–Crippen LogP) is 5.04. The first kappa shape index (κ1) is 11.4. The van der Waals surface area contributed by atoms with Crippen LogP contribution in [-0.4, -0.2) is 9.15 Å². The Morgan fingerprint density at radius 3 is 2.29 bits per heavy atom. The van der Waals surface area contributed by atoms with Crippen LogP contribution in [0.5, 0.6) is 0 Å². The van der Waals surface area contributed by atoms with Crippen molar-refractivity contribution < 1.29 is 0 Å². The van der Waals surface area contributed by atoms with Crippen molar-refractivity contribution in [2.24, 2.45) is 5.92 Å². The number of hydrogen-bond donors (Lipinski definition) is 0. The van der Waals surface area contributed by atoms with Crippen molar-refractivity contribution in [2.75, 3.05) is 0 Å². The monoisotopic (exact) mass is 322 g/mol. The van der Waals surface area contributed by atoms with Gasteiger partial charge in [-0.1, -0.05) is 57.5 Å². The van der Waals surface area contributed by atoms with Crippen LogP contribution in [0.3, 0.4) is 0 Å². The average Bonchev–Trinajstić information content (AvgIpc) is 2.19. The molecule has 2 rings (SSSR count). The third-order valence-electron chi connectivity index (χ3n) is 4.01. The van der Waals surface area contributed by atoms with E-state index < -0.39 is 0 Å². The van der Waals surface area contributed by atoms with Crippen LogP contribution in [-0.2, 0) is 0 Å². The Balaban J connectivity index is 1.98. The molecule has 0 nitrogen and oxygen atoms in total. The normalized spacial score (nSPS) is 41.1. The summed E-state index contributed by atoms with van der Waals surface area (Å²) in [5, 5.41) is 0. The molecule has 0 heterocycles. The fraction of sp³-hybridized carbons (Fsp3) is 1.00. The van der Waals surface area contributed by atoms with E-state index in [4.69, 9.17) is 0 Å². The molecule has 0 aromatic rings. The lowest BCUT2D eigenvalue weighted by Crippen LogP contribution is -2.38. The molecule has 0 N–H and O–H groups in total. The molecule has 2 heteroatoms. The van der Waals surface area contributed by atoms with Gasteiger partial charge in [-0.3, -0.25) is 0 Å². The highest BCUT2D eigenvalue weighted by Gasteiger charge is 2.40. The minimum absolute atomic E-state index is 0.486. The summed E-state index contributed by atoms with van der Waals surface area (Å²) in [6.45, 7) is 0. The van der Waals surface area contributed by atoms with Crippen LogP contribution in [0.1, 0.15) is 57.8 Å². The molecule has 0 aliphatic heterocycles. The number of hydrogen-bond acceptors (Lipinski definition) is 0. The molecule has 2 saturated carbocycles. The molecule has 0 spiro atoms. The lowest BCUT2D eigenvalue weighted by atomic mass is 9.73. The first-order valence-electron chi connectivity index (χ1n) is 6.04. The molecule has 0 saturated heterocycles. The van der Waals surface area contributed by atoms with Crippen LogP contribution >= 0.6 is 31.9 Å². The maximum Gasteiger partial charge on any atom is 0.0296 e. The second kappa shape index (κ2) is 4.86. The highest BCUT2D eigenvalue weighted by Crippen LogP contribution is 2.48. The Hall–Kier alpha value is 0.960. The van der Waals surface area contributed by atoms with Crippen molar-refractivity contribution in [3.8, 4) is 0 Å². The standard InChI is InChI=1S/C12H20Br2/c13-11-7-4-8-12(14,9-11)10-5-2-1-3-6-10/h10-11H,1-9H2. The molecule has 2 aliphatic rings. The SMILES string of the molecule is BrC1CCCC(Br)(C2CCCCC2)C1. The Morgan fingerprint density at radius 2 is 1.64 bits per heavy atom. The summed E-state index contributed by atoms with van der Waals surface area (Å²) in [5.41, 5.74) is 0. The summed E-state index contributed by atoms with van der Waals surface area (Å²) in [4.78, 5) is 0.762. The van der Waals surface area contributed by atoms with E-state index in [1.165, 1.54) is 57.8 Å². The molecule has 0 radical (unpaired) electrons. The van der Waals surface area contributed by atoms with Gasteiger partial charge in [0.1, 0.15) is 0 Å². The Kier molecular flexibility index (Phi) is 3.98. The highest BCUT2D eigenvalue weighted by molar-refractivity contribution is 9.10. The van der Waals surface area contributed by atoms with Gasteiger partial charge >= 0.3 is 0 Å². The van der Waals surface area contributed by atoms with E-state index >= 15 is 0 Å². The zero-order chi connectivity index (χ0) is 10.0. The Labute approximate surface area is 104 Å². The van der Waals surface area contributed by atoms with Gasteiger partial charge in [-0.2, -0.15) is 0 Å². The van der Waals surface area contributed by atoms with Crippen LogP contribution in [0.25, 0.3) is 0 Å². The van der Waals surface area contributed by atoms with Crippen LogP contribution in [0.4, 0.5) is 0 Å². The molecular weight excluding hydrogens is 304 g/mol. The molecule has 82 valence electrons. The quantitative estimate of drug-likeness (QED) is 0.593. The average molecular weight is 324 g/mol. The van der Waals surface area contributed by atoms with Gasteiger partial charge in [0.25, 0.3) is 0 Å². The number of halogens is 2. The highest BCUT2D eigenvalue weighted by atomic mass is 79.9. The van der Waals surface area contributed by atoms with Crippen LogP contribution in [0.2, 0.25) is 0 Å². The Morgan fingerprint density at radius 1 is 0.929 bits per heavy atom. The van der Waals surface area contributed by atoms with Gasteiger partial charge in [0.2, 0.25) is 0 Å². The van der Waals surface area contributed by atoms with Gasteiger partial charge in [0.15, 0.2) is 0 Å². The van der Waals surface area contributed by atoms with Crippen molar-refractivity contribution in [1.29, 1.82) is 0 Å². The Bertz CT molecular complexity index is 187. The van der Waals surface area contributed by atoms with Gasteiger partial charge in [0, 0.05) is 9.15 Å². The van der Waals surface area contributed by atoms with Gasteiger partial charge in [-0.15, -0.1) is 0 Å². The van der Waals surface area contributed by atoms with Crippen LogP contribution in [0, 0.1) is 5.92 Å². The maximum atomic E-state index is 4.07. The lowest BCUT2D eigenvalue weighted by Gasteiger charge is -2.42. The summed E-state index contributed by atoms with van der Waals surface area (Å²) in [6.07, 6.45) is 12.8. The number of rotatable bonds is 1. The fourth-order valence-electron chi connectivity index (χ4n) is 3.18. The van der Waals surface area contributed by atoms with E-state index in [2.05, 4.69) is 31.9 Å². The van der Waals surface area contributed by atoms with E-state index in [1.807, 2.05) is 0 Å². The van der Waals surface area contributed by atoms with Gasteiger partial charge in [-0.05, 0) is 38.0 Å². The van der Waals surface area contributed by atoms with E-state index in [0.29, 0.717) is 4.32 Å². The second-order valence-corrected chi connectivity index (χ2v) is 7.94. The third-order valence-corrected chi connectivity index (χ3v) is 6.16. The molecule has 2 unspecified atom stereocenters. The largest absolute Gasteiger partial charge is 0.0890 e. The second-order valence-electron chi connectivity index (χ2n) is 5.06. The molecular formula is C12H20Br2. The van der Waals surface area contributed by atoms with E-state index in [-0.39, 0.29) is 0 Å². The smallest absolute Gasteiger partial charge is 0.0296 e. The zero-order valence-electron chi connectivity index (χ0n) is 8.77. The summed E-state index contributed by atoms with van der Waals surface area (Å²) in [5.74, 6) is 0.955. The molecule has 2 fully saturated rings. The van der Waals surface area contributed by atoms with Crippen molar-refractivity contribution in [3.05, 3.63) is 0 Å². The van der Waals surface area contributed by atoms with Crippen molar-refractivity contribution in [1.82, 2.24) is 0 Å². The number of alkyl halides is 2. The lowest BCUT2D eigenvalue weighted by molar-refractivity contribution is 0.237. The van der Waals surface area contributed by atoms with Gasteiger partial charge in [0.05, 0.1) is 0 Å². The molecule has 2 atom stereocenters. The van der Waals surface area contributed by atoms with Crippen LogP contribution < -0.4 is 0 Å². The van der Waals surface area contributed by atoms with Gasteiger partial charge < -0.3 is 0 Å². The van der Waals surface area contributed by atoms with E-state index in [1.54, 1.807) is 0 Å². The molecule has 0 amide bonds. The van der Waals surface area contributed by atoms with E-state index in [9.17, 15) is 0 Å².